The Kier molecular flexibility index (Phi) is 7.35. The molecule has 3 aromatic heterocycles. The fraction of sp³-hybridized carbons (Fsp3) is 0.357. The predicted molar refractivity (Wildman–Crippen MR) is 149 cm³/mol. The van der Waals surface area contributed by atoms with E-state index in [0.717, 1.165) is 11.4 Å². The maximum atomic E-state index is 13.4. The standard InChI is InChI=1S/C28H32N8O5/c1-28(2,3)41-27(39)34-11-9-17(10-12-34)22-13-23(36(33-22)19-5-7-20(40-4)8-6-19)32-26(38)21-15-31-35-16-18(24(29)37)14-30-25(21)35/h5-8,13-17H,9-12H2,1-4H3,(H2,29,37)(H,32,38). The van der Waals surface area contributed by atoms with Crippen molar-refractivity contribution in [1.29, 1.82) is 0 Å². The second-order valence-electron chi connectivity index (χ2n) is 10.8. The Hall–Kier alpha value is -4.94. The number of hydrogen-bond acceptors (Lipinski definition) is 8. The van der Waals surface area contributed by atoms with Gasteiger partial charge in [0.2, 0.25) is 0 Å². The third kappa shape index (κ3) is 5.98. The third-order valence-electron chi connectivity index (χ3n) is 6.74. The lowest BCUT2D eigenvalue weighted by Gasteiger charge is -2.32. The Bertz CT molecular complexity index is 1590. The van der Waals surface area contributed by atoms with Crippen molar-refractivity contribution >= 4 is 29.4 Å². The summed E-state index contributed by atoms with van der Waals surface area (Å²) in [6.07, 6.45) is 5.19. The number of amides is 3. The summed E-state index contributed by atoms with van der Waals surface area (Å²) in [5, 5.41) is 12.0. The first kappa shape index (κ1) is 27.6. The smallest absolute Gasteiger partial charge is 0.410 e. The molecule has 1 aliphatic rings. The highest BCUT2D eigenvalue weighted by Gasteiger charge is 2.29. The first-order valence-corrected chi connectivity index (χ1v) is 13.2. The van der Waals surface area contributed by atoms with Crippen LogP contribution in [0.2, 0.25) is 0 Å². The average molecular weight is 561 g/mol. The zero-order chi connectivity index (χ0) is 29.3. The monoisotopic (exact) mass is 560 g/mol. The summed E-state index contributed by atoms with van der Waals surface area (Å²) < 4.78 is 13.8. The van der Waals surface area contributed by atoms with Crippen LogP contribution in [-0.2, 0) is 4.74 Å². The SMILES string of the molecule is COc1ccc(-n2nc(C3CCN(C(=O)OC(C)(C)C)CC3)cc2NC(=O)c2cnn3cc(C(N)=O)cnc23)cc1. The van der Waals surface area contributed by atoms with E-state index >= 15 is 0 Å². The Labute approximate surface area is 236 Å². The molecule has 1 fully saturated rings. The van der Waals surface area contributed by atoms with Crippen molar-refractivity contribution in [1.82, 2.24) is 29.3 Å². The van der Waals surface area contributed by atoms with Gasteiger partial charge in [-0.3, -0.25) is 9.59 Å². The number of likely N-dealkylation sites (tertiary alicyclic amines) is 1. The number of rotatable bonds is 6. The number of aromatic nitrogens is 5. The van der Waals surface area contributed by atoms with Crippen LogP contribution in [0.15, 0.2) is 48.9 Å². The van der Waals surface area contributed by atoms with Crippen molar-refractivity contribution in [2.45, 2.75) is 45.1 Å². The van der Waals surface area contributed by atoms with Crippen molar-refractivity contribution < 1.29 is 23.9 Å². The molecule has 13 heteroatoms. The average Bonchev–Trinajstić information content (AvgIpc) is 3.56. The number of nitrogens with zero attached hydrogens (tertiary/aromatic N) is 6. The van der Waals surface area contributed by atoms with Crippen LogP contribution in [0.3, 0.4) is 0 Å². The molecule has 5 rings (SSSR count). The second kappa shape index (κ2) is 10.9. The van der Waals surface area contributed by atoms with Gasteiger partial charge in [-0.25, -0.2) is 19.0 Å². The van der Waals surface area contributed by atoms with Crippen LogP contribution in [0, 0.1) is 0 Å². The Morgan fingerprint density at radius 2 is 1.78 bits per heavy atom. The Balaban J connectivity index is 1.40. The molecule has 1 aliphatic heterocycles. The number of primary amides is 1. The molecule has 4 aromatic rings. The van der Waals surface area contributed by atoms with Crippen LogP contribution < -0.4 is 15.8 Å². The van der Waals surface area contributed by atoms with Gasteiger partial charge < -0.3 is 25.4 Å². The third-order valence-corrected chi connectivity index (χ3v) is 6.74. The highest BCUT2D eigenvalue weighted by molar-refractivity contribution is 6.08. The number of fused-ring (bicyclic) bond motifs is 1. The minimum absolute atomic E-state index is 0.0784. The lowest BCUT2D eigenvalue weighted by atomic mass is 9.94. The first-order valence-electron chi connectivity index (χ1n) is 13.2. The summed E-state index contributed by atoms with van der Waals surface area (Å²) in [6.45, 7) is 6.62. The lowest BCUT2D eigenvalue weighted by Crippen LogP contribution is -2.41. The van der Waals surface area contributed by atoms with Gasteiger partial charge in [0, 0.05) is 37.5 Å². The summed E-state index contributed by atoms with van der Waals surface area (Å²) in [5.74, 6) is 0.135. The minimum atomic E-state index is -0.645. The Morgan fingerprint density at radius 1 is 1.07 bits per heavy atom. The number of carbonyl (C=O) groups is 3. The zero-order valence-corrected chi connectivity index (χ0v) is 23.3. The number of anilines is 1. The van der Waals surface area contributed by atoms with Crippen molar-refractivity contribution in [3.05, 3.63) is 65.7 Å². The molecule has 214 valence electrons. The molecule has 0 saturated carbocycles. The number of nitrogens with one attached hydrogen (secondary N) is 1. The van der Waals surface area contributed by atoms with Gasteiger partial charge in [0.25, 0.3) is 11.8 Å². The number of carbonyl (C=O) groups excluding carboxylic acids is 3. The van der Waals surface area contributed by atoms with E-state index in [-0.39, 0.29) is 28.8 Å². The highest BCUT2D eigenvalue weighted by atomic mass is 16.6. The largest absolute Gasteiger partial charge is 0.497 e. The molecule has 0 unspecified atom stereocenters. The van der Waals surface area contributed by atoms with E-state index in [1.54, 1.807) is 16.7 Å². The first-order chi connectivity index (χ1) is 19.5. The molecule has 13 nitrogen and oxygen atoms in total. The molecule has 3 amide bonds. The van der Waals surface area contributed by atoms with Gasteiger partial charge in [-0.1, -0.05) is 0 Å². The van der Waals surface area contributed by atoms with Gasteiger partial charge >= 0.3 is 6.09 Å². The van der Waals surface area contributed by atoms with Gasteiger partial charge in [0.15, 0.2) is 5.65 Å². The summed E-state index contributed by atoms with van der Waals surface area (Å²) >= 11 is 0. The van der Waals surface area contributed by atoms with Gasteiger partial charge in [0.05, 0.1) is 30.3 Å². The quantitative estimate of drug-likeness (QED) is 0.363. The molecular formula is C28H32N8O5. The molecule has 0 spiro atoms. The highest BCUT2D eigenvalue weighted by Crippen LogP contribution is 2.31. The molecule has 1 saturated heterocycles. The van der Waals surface area contributed by atoms with E-state index in [1.807, 2.05) is 51.1 Å². The van der Waals surface area contributed by atoms with Crippen molar-refractivity contribution in [3.8, 4) is 11.4 Å². The van der Waals surface area contributed by atoms with Crippen molar-refractivity contribution in [2.24, 2.45) is 5.73 Å². The minimum Gasteiger partial charge on any atom is -0.497 e. The number of hydrogen-bond donors (Lipinski definition) is 2. The van der Waals surface area contributed by atoms with Crippen LogP contribution in [0.1, 0.15) is 65.9 Å². The summed E-state index contributed by atoms with van der Waals surface area (Å²) in [4.78, 5) is 43.3. The van der Waals surface area contributed by atoms with Crippen molar-refractivity contribution in [3.63, 3.8) is 0 Å². The molecule has 0 atom stereocenters. The van der Waals surface area contributed by atoms with Gasteiger partial charge in [-0.15, -0.1) is 0 Å². The molecule has 0 bridgehead atoms. The van der Waals surface area contributed by atoms with Crippen LogP contribution in [0.25, 0.3) is 11.3 Å². The van der Waals surface area contributed by atoms with Crippen LogP contribution in [0.5, 0.6) is 5.75 Å². The van der Waals surface area contributed by atoms with Gasteiger partial charge in [0.1, 0.15) is 22.7 Å². The van der Waals surface area contributed by atoms with E-state index in [1.165, 1.54) is 23.1 Å². The van der Waals surface area contributed by atoms with Crippen LogP contribution in [-0.4, -0.2) is 73.0 Å². The van der Waals surface area contributed by atoms with Crippen molar-refractivity contribution in [2.75, 3.05) is 25.5 Å². The predicted octanol–water partition coefficient (Wildman–Crippen LogP) is 3.39. The fourth-order valence-corrected chi connectivity index (χ4v) is 4.64. The molecule has 4 heterocycles. The van der Waals surface area contributed by atoms with E-state index < -0.39 is 17.4 Å². The van der Waals surface area contributed by atoms with Gasteiger partial charge in [-0.2, -0.15) is 10.2 Å². The summed E-state index contributed by atoms with van der Waals surface area (Å²) in [5.41, 5.74) is 6.96. The van der Waals surface area contributed by atoms with Gasteiger partial charge in [-0.05, 0) is 57.9 Å². The Morgan fingerprint density at radius 3 is 2.41 bits per heavy atom. The number of piperidine rings is 1. The van der Waals surface area contributed by atoms with Crippen LogP contribution >= 0.6 is 0 Å². The molecule has 3 N–H and O–H groups in total. The number of nitrogens with two attached hydrogens (primary N) is 1. The van der Waals surface area contributed by atoms with E-state index in [2.05, 4.69) is 15.4 Å². The molecular weight excluding hydrogens is 528 g/mol. The maximum Gasteiger partial charge on any atom is 0.410 e. The lowest BCUT2D eigenvalue weighted by molar-refractivity contribution is 0.0203. The molecule has 0 radical (unpaired) electrons. The normalized spacial score (nSPS) is 14.2. The topological polar surface area (TPSA) is 159 Å². The molecule has 1 aromatic carbocycles. The number of methoxy groups -OCH3 is 1. The molecule has 0 aliphatic carbocycles. The second-order valence-corrected chi connectivity index (χ2v) is 10.8. The fourth-order valence-electron chi connectivity index (χ4n) is 4.64. The number of benzene rings is 1. The summed E-state index contributed by atoms with van der Waals surface area (Å²) in [6, 6.07) is 9.16. The maximum absolute atomic E-state index is 13.4. The van der Waals surface area contributed by atoms with E-state index in [4.69, 9.17) is 20.3 Å². The zero-order valence-electron chi connectivity index (χ0n) is 23.3. The number of ether oxygens (including phenoxy) is 2. The van der Waals surface area contributed by atoms with E-state index in [9.17, 15) is 14.4 Å². The van der Waals surface area contributed by atoms with Crippen LogP contribution in [0.4, 0.5) is 10.6 Å². The molecule has 41 heavy (non-hydrogen) atoms. The summed E-state index contributed by atoms with van der Waals surface area (Å²) in [7, 11) is 1.59. The van der Waals surface area contributed by atoms with E-state index in [0.29, 0.717) is 37.5 Å².